The van der Waals surface area contributed by atoms with E-state index in [4.69, 9.17) is 4.74 Å². The van der Waals surface area contributed by atoms with Crippen LogP contribution in [0.5, 0.6) is 0 Å². The largest absolute Gasteiger partial charge is 0.465 e. The Labute approximate surface area is 139 Å². The smallest absolute Gasteiger partial charge is 0.319 e. The molecule has 2 aromatic rings. The fourth-order valence-corrected chi connectivity index (χ4v) is 3.55. The number of hydrogen-bond donors (Lipinski definition) is 0. The van der Waals surface area contributed by atoms with Gasteiger partial charge in [0.05, 0.1) is 6.61 Å². The number of hydrogen-bond acceptors (Lipinski definition) is 6. The molecule has 0 aliphatic carbocycles. The van der Waals surface area contributed by atoms with E-state index < -0.39 is 0 Å². The second kappa shape index (κ2) is 7.04. The molecule has 0 bridgehead atoms. The number of nitrogens with zero attached hydrogens (tertiary/aromatic N) is 4. The number of aromatic nitrogens is 3. The molecule has 1 atom stereocenters. The van der Waals surface area contributed by atoms with Gasteiger partial charge in [-0.1, -0.05) is 36.9 Å². The van der Waals surface area contributed by atoms with Gasteiger partial charge in [0.25, 0.3) is 0 Å². The third-order valence-electron chi connectivity index (χ3n) is 3.72. The van der Waals surface area contributed by atoms with E-state index in [-0.39, 0.29) is 11.2 Å². The molecule has 0 saturated heterocycles. The summed E-state index contributed by atoms with van der Waals surface area (Å²) in [6, 6.07) is 10.1. The topological polar surface area (TPSA) is 60.2 Å². The fourth-order valence-electron chi connectivity index (χ4n) is 2.58. The summed E-state index contributed by atoms with van der Waals surface area (Å²) < 4.78 is 7.19. The first-order chi connectivity index (χ1) is 11.2. The van der Waals surface area contributed by atoms with Crippen LogP contribution < -0.4 is 4.90 Å². The summed E-state index contributed by atoms with van der Waals surface area (Å²) in [5, 5.41) is 9.12. The van der Waals surface area contributed by atoms with Gasteiger partial charge in [0.1, 0.15) is 5.25 Å². The number of fused-ring (bicyclic) bond motifs is 1. The highest BCUT2D eigenvalue weighted by Gasteiger charge is 2.29. The van der Waals surface area contributed by atoms with E-state index in [0.29, 0.717) is 13.0 Å². The summed E-state index contributed by atoms with van der Waals surface area (Å²) in [5.74, 6) is 0.646. The molecule has 3 rings (SSSR count). The molecule has 0 saturated carbocycles. The maximum Gasteiger partial charge on any atom is 0.319 e. The molecule has 1 aromatic heterocycles. The summed E-state index contributed by atoms with van der Waals surface area (Å²) in [5.41, 5.74) is 1.10. The number of rotatable bonds is 6. The fraction of sp³-hybridized carbons (Fsp3) is 0.438. The van der Waals surface area contributed by atoms with Crippen LogP contribution in [-0.2, 0) is 16.1 Å². The van der Waals surface area contributed by atoms with E-state index >= 15 is 0 Å². The molecule has 23 heavy (non-hydrogen) atoms. The Morgan fingerprint density at radius 2 is 2.04 bits per heavy atom. The van der Waals surface area contributed by atoms with E-state index in [0.717, 1.165) is 29.9 Å². The maximum absolute atomic E-state index is 12.0. The zero-order valence-electron chi connectivity index (χ0n) is 13.3. The minimum absolute atomic E-state index is 0.185. The van der Waals surface area contributed by atoms with Crippen molar-refractivity contribution in [2.45, 2.75) is 37.2 Å². The van der Waals surface area contributed by atoms with Gasteiger partial charge in [-0.2, -0.15) is 0 Å². The number of benzene rings is 1. The van der Waals surface area contributed by atoms with Crippen LogP contribution in [0, 0.1) is 0 Å². The van der Waals surface area contributed by atoms with E-state index in [1.807, 2.05) is 32.0 Å². The first-order valence-electron chi connectivity index (χ1n) is 7.83. The van der Waals surface area contributed by atoms with Crippen LogP contribution in [-0.4, -0.2) is 39.1 Å². The first kappa shape index (κ1) is 15.9. The van der Waals surface area contributed by atoms with Crippen LogP contribution >= 0.6 is 11.8 Å². The molecule has 1 aliphatic heterocycles. The minimum Gasteiger partial charge on any atom is -0.465 e. The predicted octanol–water partition coefficient (Wildman–Crippen LogP) is 2.86. The second-order valence-corrected chi connectivity index (χ2v) is 6.36. The number of ether oxygens (including phenoxy) is 1. The standard InChI is InChI=1S/C16H20N4O2S/c1-3-13(14(21)22-4-2)23-16-18-17-15-19(10-11-20(15)16)12-8-6-5-7-9-12/h5-9,13H,3-4,10-11H2,1-2H3/t13-/m0/s1. The number of esters is 1. The quantitative estimate of drug-likeness (QED) is 0.599. The summed E-state index contributed by atoms with van der Waals surface area (Å²) in [4.78, 5) is 14.1. The molecule has 0 spiro atoms. The van der Waals surface area contributed by atoms with Gasteiger partial charge >= 0.3 is 5.97 Å². The number of carbonyl (C=O) groups excluding carboxylic acids is 1. The van der Waals surface area contributed by atoms with Crippen LogP contribution in [0.4, 0.5) is 11.6 Å². The van der Waals surface area contributed by atoms with Crippen LogP contribution in [0.2, 0.25) is 0 Å². The SMILES string of the molecule is CCOC(=O)[C@H](CC)Sc1nnc2n1CCN2c1ccccc1. The maximum atomic E-state index is 12.0. The van der Waals surface area contributed by atoms with Crippen LogP contribution in [0.15, 0.2) is 35.5 Å². The lowest BCUT2D eigenvalue weighted by molar-refractivity contribution is -0.142. The van der Waals surface area contributed by atoms with E-state index in [2.05, 4.69) is 31.8 Å². The van der Waals surface area contributed by atoms with Crippen molar-refractivity contribution >= 4 is 29.4 Å². The molecular formula is C16H20N4O2S. The Morgan fingerprint density at radius 1 is 1.26 bits per heavy atom. The van der Waals surface area contributed by atoms with Crippen molar-refractivity contribution in [3.63, 3.8) is 0 Å². The first-order valence-corrected chi connectivity index (χ1v) is 8.71. The van der Waals surface area contributed by atoms with E-state index in [9.17, 15) is 4.79 Å². The normalized spacial score (nSPS) is 14.6. The van der Waals surface area contributed by atoms with Gasteiger partial charge in [-0.05, 0) is 25.5 Å². The monoisotopic (exact) mass is 332 g/mol. The van der Waals surface area contributed by atoms with Crippen molar-refractivity contribution in [3.8, 4) is 0 Å². The van der Waals surface area contributed by atoms with Crippen molar-refractivity contribution in [1.29, 1.82) is 0 Å². The van der Waals surface area contributed by atoms with Gasteiger partial charge in [0, 0.05) is 18.8 Å². The Balaban J connectivity index is 1.79. The zero-order chi connectivity index (χ0) is 16.2. The van der Waals surface area contributed by atoms with E-state index in [1.54, 1.807) is 0 Å². The lowest BCUT2D eigenvalue weighted by atomic mass is 10.3. The second-order valence-electron chi connectivity index (χ2n) is 5.19. The minimum atomic E-state index is -0.242. The average molecular weight is 332 g/mol. The van der Waals surface area contributed by atoms with Crippen LogP contribution in [0.3, 0.4) is 0 Å². The van der Waals surface area contributed by atoms with Crippen molar-refractivity contribution < 1.29 is 9.53 Å². The molecule has 0 unspecified atom stereocenters. The van der Waals surface area contributed by atoms with Gasteiger partial charge in [-0.25, -0.2) is 0 Å². The lowest BCUT2D eigenvalue weighted by Gasteiger charge is -2.14. The Morgan fingerprint density at radius 3 is 2.74 bits per heavy atom. The molecule has 0 N–H and O–H groups in total. The number of para-hydroxylation sites is 1. The van der Waals surface area contributed by atoms with Gasteiger partial charge in [-0.15, -0.1) is 10.2 Å². The zero-order valence-corrected chi connectivity index (χ0v) is 14.1. The Bertz CT molecular complexity index is 674. The van der Waals surface area contributed by atoms with Gasteiger partial charge in [0.15, 0.2) is 5.16 Å². The van der Waals surface area contributed by atoms with Crippen molar-refractivity contribution in [1.82, 2.24) is 14.8 Å². The summed E-state index contributed by atoms with van der Waals surface area (Å²) in [6.45, 7) is 5.88. The summed E-state index contributed by atoms with van der Waals surface area (Å²) in [7, 11) is 0. The highest BCUT2D eigenvalue weighted by atomic mass is 32.2. The van der Waals surface area contributed by atoms with Crippen LogP contribution in [0.25, 0.3) is 0 Å². The van der Waals surface area contributed by atoms with Gasteiger partial charge in [0.2, 0.25) is 5.95 Å². The third kappa shape index (κ3) is 3.19. The Hall–Kier alpha value is -2.02. The number of carbonyl (C=O) groups is 1. The van der Waals surface area contributed by atoms with Gasteiger partial charge < -0.3 is 9.64 Å². The van der Waals surface area contributed by atoms with Crippen molar-refractivity contribution in [3.05, 3.63) is 30.3 Å². The molecule has 2 heterocycles. The number of thioether (sulfide) groups is 1. The average Bonchev–Trinajstić information content (AvgIpc) is 3.16. The molecule has 0 fully saturated rings. The molecule has 1 aliphatic rings. The predicted molar refractivity (Wildman–Crippen MR) is 90.0 cm³/mol. The Kier molecular flexibility index (Phi) is 4.85. The molecule has 0 radical (unpaired) electrons. The van der Waals surface area contributed by atoms with Crippen molar-refractivity contribution in [2.24, 2.45) is 0 Å². The molecule has 122 valence electrons. The lowest BCUT2D eigenvalue weighted by Crippen LogP contribution is -2.20. The molecule has 6 nitrogen and oxygen atoms in total. The van der Waals surface area contributed by atoms with Crippen LogP contribution in [0.1, 0.15) is 20.3 Å². The third-order valence-corrected chi connectivity index (χ3v) is 5.04. The molecule has 7 heteroatoms. The summed E-state index contributed by atoms with van der Waals surface area (Å²) >= 11 is 1.43. The highest BCUT2D eigenvalue weighted by Crippen LogP contribution is 2.34. The number of anilines is 2. The molecule has 0 amide bonds. The summed E-state index contributed by atoms with van der Waals surface area (Å²) in [6.07, 6.45) is 0.702. The highest BCUT2D eigenvalue weighted by molar-refractivity contribution is 8.00. The molecular weight excluding hydrogens is 312 g/mol. The van der Waals surface area contributed by atoms with E-state index in [1.165, 1.54) is 11.8 Å². The molecule has 1 aromatic carbocycles. The van der Waals surface area contributed by atoms with Gasteiger partial charge in [-0.3, -0.25) is 9.36 Å². The van der Waals surface area contributed by atoms with Crippen molar-refractivity contribution in [2.75, 3.05) is 18.1 Å².